The molecule has 0 aromatic heterocycles. The Kier molecular flexibility index (Phi) is 3.14. The molecule has 0 rings (SSSR count). The van der Waals surface area contributed by atoms with Gasteiger partial charge in [-0.2, -0.15) is 5.26 Å². The van der Waals surface area contributed by atoms with Crippen molar-refractivity contribution in [3.05, 3.63) is 12.2 Å². The molecule has 0 radical (unpaired) electrons. The van der Waals surface area contributed by atoms with Crippen molar-refractivity contribution in [3.8, 4) is 6.07 Å². The second-order valence-corrected chi connectivity index (χ2v) is 1.70. The first kappa shape index (κ1) is 7.70. The summed E-state index contributed by atoms with van der Waals surface area (Å²) in [6, 6.07) is 1.73. The van der Waals surface area contributed by atoms with Crippen LogP contribution in [0.1, 0.15) is 0 Å². The van der Waals surface area contributed by atoms with Gasteiger partial charge in [0.2, 0.25) is 5.91 Å². The van der Waals surface area contributed by atoms with E-state index in [2.05, 4.69) is 0 Å². The quantitative estimate of drug-likeness (QED) is 0.369. The van der Waals surface area contributed by atoms with E-state index in [1.54, 1.807) is 20.2 Å². The van der Waals surface area contributed by atoms with Gasteiger partial charge >= 0.3 is 0 Å². The highest BCUT2D eigenvalue weighted by atomic mass is 16.2. The Morgan fingerprint density at radius 1 is 1.67 bits per heavy atom. The molecule has 0 fully saturated rings. The van der Waals surface area contributed by atoms with Crippen molar-refractivity contribution < 1.29 is 4.79 Å². The van der Waals surface area contributed by atoms with Crippen molar-refractivity contribution in [2.45, 2.75) is 0 Å². The molecule has 9 heavy (non-hydrogen) atoms. The van der Waals surface area contributed by atoms with Gasteiger partial charge in [0, 0.05) is 26.2 Å². The van der Waals surface area contributed by atoms with Gasteiger partial charge in [-0.15, -0.1) is 0 Å². The van der Waals surface area contributed by atoms with Gasteiger partial charge in [-0.1, -0.05) is 0 Å². The predicted octanol–water partition coefficient (Wildman–Crippen LogP) is 0.154. The Morgan fingerprint density at radius 3 is 2.56 bits per heavy atom. The van der Waals surface area contributed by atoms with Crippen LogP contribution >= 0.6 is 0 Å². The molecule has 0 bridgehead atoms. The number of rotatable bonds is 1. The summed E-state index contributed by atoms with van der Waals surface area (Å²) in [6.45, 7) is 0. The minimum absolute atomic E-state index is 0.170. The SMILES string of the molecule is CN(C)C(=O)C=CC#N. The summed E-state index contributed by atoms with van der Waals surface area (Å²) in [5.41, 5.74) is 0. The molecule has 3 nitrogen and oxygen atoms in total. The highest BCUT2D eigenvalue weighted by molar-refractivity contribution is 5.87. The lowest BCUT2D eigenvalue weighted by Gasteiger charge is -2.03. The molecule has 0 saturated heterocycles. The normalized spacial score (nSPS) is 9.00. The standard InChI is InChI=1S/C6H8N2O/c1-8(2)6(9)4-3-5-7/h3-4H,1-2H3. The van der Waals surface area contributed by atoms with Crippen molar-refractivity contribution in [1.29, 1.82) is 5.26 Å². The lowest BCUT2D eigenvalue weighted by molar-refractivity contribution is -0.123. The van der Waals surface area contributed by atoms with Crippen molar-refractivity contribution in [2.75, 3.05) is 14.1 Å². The highest BCUT2D eigenvalue weighted by Crippen LogP contribution is 1.79. The minimum Gasteiger partial charge on any atom is -0.345 e. The van der Waals surface area contributed by atoms with E-state index in [0.29, 0.717) is 0 Å². The van der Waals surface area contributed by atoms with Gasteiger partial charge in [-0.25, -0.2) is 0 Å². The zero-order valence-corrected chi connectivity index (χ0v) is 5.46. The van der Waals surface area contributed by atoms with Crippen molar-refractivity contribution in [2.24, 2.45) is 0 Å². The van der Waals surface area contributed by atoms with Crippen molar-refractivity contribution in [3.63, 3.8) is 0 Å². The van der Waals surface area contributed by atoms with E-state index < -0.39 is 0 Å². The Bertz CT molecular complexity index is 164. The van der Waals surface area contributed by atoms with Crippen LogP contribution < -0.4 is 0 Å². The molecule has 0 aliphatic rings. The zero-order valence-electron chi connectivity index (χ0n) is 5.46. The van der Waals surface area contributed by atoms with E-state index in [9.17, 15) is 4.79 Å². The van der Waals surface area contributed by atoms with E-state index in [1.807, 2.05) is 0 Å². The zero-order chi connectivity index (χ0) is 7.28. The van der Waals surface area contributed by atoms with Gasteiger partial charge in [0.1, 0.15) is 0 Å². The largest absolute Gasteiger partial charge is 0.345 e. The average molecular weight is 124 g/mol. The first-order valence-corrected chi connectivity index (χ1v) is 2.46. The highest BCUT2D eigenvalue weighted by Gasteiger charge is 1.94. The van der Waals surface area contributed by atoms with Crippen LogP contribution in [0.4, 0.5) is 0 Å². The summed E-state index contributed by atoms with van der Waals surface area (Å²) in [5, 5.41) is 7.99. The van der Waals surface area contributed by atoms with Crippen molar-refractivity contribution >= 4 is 5.91 Å². The van der Waals surface area contributed by atoms with Gasteiger partial charge < -0.3 is 4.90 Å². The van der Waals surface area contributed by atoms with E-state index in [0.717, 1.165) is 6.08 Å². The number of amides is 1. The third kappa shape index (κ3) is 3.30. The Labute approximate surface area is 54.2 Å². The molecular formula is C6H8N2O. The lowest BCUT2D eigenvalue weighted by Crippen LogP contribution is -2.18. The second kappa shape index (κ2) is 3.67. The Hall–Kier alpha value is -1.30. The molecule has 0 N–H and O–H groups in total. The fraction of sp³-hybridized carbons (Fsp3) is 0.333. The maximum atomic E-state index is 10.6. The van der Waals surface area contributed by atoms with Gasteiger partial charge in [0.25, 0.3) is 0 Å². The van der Waals surface area contributed by atoms with E-state index >= 15 is 0 Å². The fourth-order valence-electron chi connectivity index (χ4n) is 0.258. The van der Waals surface area contributed by atoms with Gasteiger partial charge in [0.05, 0.1) is 6.07 Å². The minimum atomic E-state index is -0.170. The van der Waals surface area contributed by atoms with Crippen LogP contribution in [0, 0.1) is 11.3 Å². The van der Waals surface area contributed by atoms with E-state index in [-0.39, 0.29) is 5.91 Å². The number of nitrogens with zero attached hydrogens (tertiary/aromatic N) is 2. The maximum absolute atomic E-state index is 10.6. The molecule has 3 heteroatoms. The molecule has 0 aromatic carbocycles. The monoisotopic (exact) mass is 124 g/mol. The Morgan fingerprint density at radius 2 is 2.22 bits per heavy atom. The van der Waals surface area contributed by atoms with Crippen LogP contribution in [0.15, 0.2) is 12.2 Å². The van der Waals surface area contributed by atoms with E-state index in [4.69, 9.17) is 5.26 Å². The molecule has 0 atom stereocenters. The smallest absolute Gasteiger partial charge is 0.246 e. The number of hydrogen-bond acceptors (Lipinski definition) is 2. The molecular weight excluding hydrogens is 116 g/mol. The summed E-state index contributed by atoms with van der Waals surface area (Å²) in [7, 11) is 3.26. The van der Waals surface area contributed by atoms with Gasteiger partial charge in [-0.3, -0.25) is 4.79 Å². The van der Waals surface area contributed by atoms with Crippen LogP contribution in [0.5, 0.6) is 0 Å². The summed E-state index contributed by atoms with van der Waals surface area (Å²) in [4.78, 5) is 12.0. The number of carbonyl (C=O) groups excluding carboxylic acids is 1. The van der Waals surface area contributed by atoms with Crippen LogP contribution in [0.2, 0.25) is 0 Å². The summed E-state index contributed by atoms with van der Waals surface area (Å²) in [5.74, 6) is -0.170. The third-order valence-corrected chi connectivity index (χ3v) is 0.741. The summed E-state index contributed by atoms with van der Waals surface area (Å²) < 4.78 is 0. The van der Waals surface area contributed by atoms with Crippen molar-refractivity contribution in [1.82, 2.24) is 4.90 Å². The van der Waals surface area contributed by atoms with Crippen LogP contribution in [-0.2, 0) is 4.79 Å². The first-order valence-electron chi connectivity index (χ1n) is 2.46. The molecule has 48 valence electrons. The molecule has 0 aliphatic heterocycles. The number of likely N-dealkylation sites (N-methyl/N-ethyl adjacent to an activating group) is 1. The lowest BCUT2D eigenvalue weighted by atomic mass is 10.5. The first-order chi connectivity index (χ1) is 4.18. The predicted molar refractivity (Wildman–Crippen MR) is 33.4 cm³/mol. The average Bonchev–Trinajstić information content (AvgIpc) is 1.82. The number of allylic oxidation sites excluding steroid dienone is 1. The summed E-state index contributed by atoms with van der Waals surface area (Å²) in [6.07, 6.45) is 2.38. The summed E-state index contributed by atoms with van der Waals surface area (Å²) >= 11 is 0. The molecule has 0 aromatic rings. The number of nitriles is 1. The number of carbonyl (C=O) groups is 1. The number of hydrogen-bond donors (Lipinski definition) is 0. The molecule has 0 aliphatic carbocycles. The topological polar surface area (TPSA) is 44.1 Å². The maximum Gasteiger partial charge on any atom is 0.246 e. The molecule has 0 heterocycles. The molecule has 0 unspecified atom stereocenters. The molecule has 0 spiro atoms. The second-order valence-electron chi connectivity index (χ2n) is 1.70. The van der Waals surface area contributed by atoms with Crippen LogP contribution in [-0.4, -0.2) is 24.9 Å². The molecule has 0 saturated carbocycles. The molecule has 1 amide bonds. The Balaban J connectivity index is 3.81. The fourth-order valence-corrected chi connectivity index (χ4v) is 0.258. The van der Waals surface area contributed by atoms with Crippen LogP contribution in [0.25, 0.3) is 0 Å². The van der Waals surface area contributed by atoms with Crippen LogP contribution in [0.3, 0.4) is 0 Å². The van der Waals surface area contributed by atoms with E-state index in [1.165, 1.54) is 11.0 Å². The van der Waals surface area contributed by atoms with Gasteiger partial charge in [0.15, 0.2) is 0 Å². The third-order valence-electron chi connectivity index (χ3n) is 0.741. The van der Waals surface area contributed by atoms with Gasteiger partial charge in [-0.05, 0) is 0 Å².